The van der Waals surface area contributed by atoms with E-state index in [2.05, 4.69) is 20.2 Å². The minimum absolute atomic E-state index is 0.0655. The zero-order valence-corrected chi connectivity index (χ0v) is 17.6. The molecule has 1 amide bonds. The fraction of sp³-hybridized carbons (Fsp3) is 0.500. The molecule has 2 aromatic rings. The maximum atomic E-state index is 13.2. The third-order valence-electron chi connectivity index (χ3n) is 4.97. The van der Waals surface area contributed by atoms with Gasteiger partial charge in [0, 0.05) is 44.5 Å². The van der Waals surface area contributed by atoms with Crippen molar-refractivity contribution < 1.29 is 9.53 Å². The molecule has 0 atom stereocenters. The van der Waals surface area contributed by atoms with Crippen molar-refractivity contribution in [2.24, 2.45) is 0 Å². The molecule has 0 saturated carbocycles. The Balaban J connectivity index is 1.66. The molecule has 1 aromatic heterocycles. The van der Waals surface area contributed by atoms with Gasteiger partial charge in [-0.25, -0.2) is 9.97 Å². The Morgan fingerprint density at radius 1 is 1.21 bits per heavy atom. The number of nitrogens with one attached hydrogen (secondary N) is 1. The van der Waals surface area contributed by atoms with Crippen molar-refractivity contribution in [2.75, 3.05) is 44.7 Å². The Morgan fingerprint density at radius 3 is 2.62 bits per heavy atom. The molecule has 0 aliphatic carbocycles. The molecule has 1 saturated heterocycles. The molecule has 7 heteroatoms. The summed E-state index contributed by atoms with van der Waals surface area (Å²) in [5, 5.41) is 3.27. The van der Waals surface area contributed by atoms with Gasteiger partial charge in [0.15, 0.2) is 0 Å². The summed E-state index contributed by atoms with van der Waals surface area (Å²) >= 11 is 0. The van der Waals surface area contributed by atoms with Gasteiger partial charge in [-0.05, 0) is 32.4 Å². The summed E-state index contributed by atoms with van der Waals surface area (Å²) in [5.74, 6) is 0.426. The summed E-state index contributed by atoms with van der Waals surface area (Å²) in [6.07, 6.45) is 0. The molecule has 1 fully saturated rings. The first-order valence-electron chi connectivity index (χ1n) is 10.3. The summed E-state index contributed by atoms with van der Waals surface area (Å²) < 4.78 is 5.38. The van der Waals surface area contributed by atoms with Crippen LogP contribution in [0.15, 0.2) is 36.4 Å². The second-order valence-electron chi connectivity index (χ2n) is 7.61. The highest BCUT2D eigenvalue weighted by Gasteiger charge is 2.21. The first-order valence-corrected chi connectivity index (χ1v) is 10.3. The summed E-state index contributed by atoms with van der Waals surface area (Å²) in [5.41, 5.74) is 2.31. The van der Waals surface area contributed by atoms with E-state index in [1.54, 1.807) is 6.07 Å². The molecular weight excluding hydrogens is 366 g/mol. The van der Waals surface area contributed by atoms with E-state index in [1.165, 1.54) is 0 Å². The number of amides is 1. The van der Waals surface area contributed by atoms with Gasteiger partial charge in [-0.1, -0.05) is 30.3 Å². The highest BCUT2D eigenvalue weighted by molar-refractivity contribution is 5.92. The molecule has 1 N–H and O–H groups in total. The lowest BCUT2D eigenvalue weighted by atomic mass is 10.1. The maximum absolute atomic E-state index is 13.2. The molecule has 1 aromatic carbocycles. The Kier molecular flexibility index (Phi) is 7.55. The topological polar surface area (TPSA) is 70.6 Å². The van der Waals surface area contributed by atoms with Crippen molar-refractivity contribution >= 4 is 11.9 Å². The monoisotopic (exact) mass is 397 g/mol. The number of hydrogen-bond donors (Lipinski definition) is 1. The van der Waals surface area contributed by atoms with Crippen LogP contribution in [0.25, 0.3) is 0 Å². The van der Waals surface area contributed by atoms with Crippen LogP contribution in [0.3, 0.4) is 0 Å². The number of aromatic nitrogens is 2. The van der Waals surface area contributed by atoms with Gasteiger partial charge < -0.3 is 15.0 Å². The number of benzene rings is 1. The van der Waals surface area contributed by atoms with Gasteiger partial charge >= 0.3 is 0 Å². The zero-order chi connectivity index (χ0) is 20.6. The smallest absolute Gasteiger partial charge is 0.273 e. The van der Waals surface area contributed by atoms with Crippen molar-refractivity contribution in [1.29, 1.82) is 0 Å². The van der Waals surface area contributed by atoms with E-state index in [9.17, 15) is 4.79 Å². The number of ether oxygens (including phenoxy) is 1. The summed E-state index contributed by atoms with van der Waals surface area (Å²) in [6, 6.07) is 11.9. The van der Waals surface area contributed by atoms with Crippen molar-refractivity contribution in [3.8, 4) is 0 Å². The van der Waals surface area contributed by atoms with Crippen LogP contribution in [0.5, 0.6) is 0 Å². The van der Waals surface area contributed by atoms with E-state index in [-0.39, 0.29) is 11.9 Å². The number of anilines is 1. The minimum atomic E-state index is -0.0782. The van der Waals surface area contributed by atoms with Crippen molar-refractivity contribution in [2.45, 2.75) is 33.4 Å². The van der Waals surface area contributed by atoms with Crippen LogP contribution in [-0.4, -0.2) is 71.1 Å². The standard InChI is InChI=1S/C22H31N5O2/c1-17(2)27(16-19-7-5-4-6-8-19)21(28)20-15-18(3)24-22(25-20)23-9-10-26-11-13-29-14-12-26/h4-8,15,17H,9-14,16H2,1-3H3,(H,23,24,25). The number of morpholine rings is 1. The predicted molar refractivity (Wildman–Crippen MR) is 114 cm³/mol. The van der Waals surface area contributed by atoms with Gasteiger partial charge in [0.25, 0.3) is 5.91 Å². The van der Waals surface area contributed by atoms with Crippen molar-refractivity contribution in [1.82, 2.24) is 19.8 Å². The average Bonchev–Trinajstić information content (AvgIpc) is 2.72. The molecule has 156 valence electrons. The van der Waals surface area contributed by atoms with Gasteiger partial charge in [-0.3, -0.25) is 9.69 Å². The number of nitrogens with zero attached hydrogens (tertiary/aromatic N) is 4. The Hall–Kier alpha value is -2.51. The van der Waals surface area contributed by atoms with Crippen LogP contribution in [0.1, 0.15) is 35.6 Å². The molecule has 0 radical (unpaired) electrons. The van der Waals surface area contributed by atoms with E-state index in [0.717, 1.165) is 50.7 Å². The second-order valence-corrected chi connectivity index (χ2v) is 7.61. The van der Waals surface area contributed by atoms with Crippen molar-refractivity contribution in [3.05, 3.63) is 53.3 Å². The molecule has 0 bridgehead atoms. The van der Waals surface area contributed by atoms with Gasteiger partial charge in [-0.2, -0.15) is 0 Å². The lowest BCUT2D eigenvalue weighted by Gasteiger charge is -2.27. The normalized spacial score (nSPS) is 14.8. The average molecular weight is 398 g/mol. The molecule has 7 nitrogen and oxygen atoms in total. The fourth-order valence-electron chi connectivity index (χ4n) is 3.32. The van der Waals surface area contributed by atoms with E-state index in [1.807, 2.05) is 56.0 Å². The van der Waals surface area contributed by atoms with E-state index in [0.29, 0.717) is 18.2 Å². The van der Waals surface area contributed by atoms with Gasteiger partial charge in [0.2, 0.25) is 5.95 Å². The second kappa shape index (κ2) is 10.3. The maximum Gasteiger partial charge on any atom is 0.273 e. The molecule has 1 aliphatic rings. The van der Waals surface area contributed by atoms with E-state index >= 15 is 0 Å². The predicted octanol–water partition coefficient (Wildman–Crippen LogP) is 2.58. The Labute approximate surface area is 173 Å². The first-order chi connectivity index (χ1) is 14.0. The van der Waals surface area contributed by atoms with Crippen LogP contribution in [0, 0.1) is 6.92 Å². The quantitative estimate of drug-likeness (QED) is 0.738. The largest absolute Gasteiger partial charge is 0.379 e. The summed E-state index contributed by atoms with van der Waals surface area (Å²) in [6.45, 7) is 11.6. The van der Waals surface area contributed by atoms with Crippen LogP contribution in [0.2, 0.25) is 0 Å². The van der Waals surface area contributed by atoms with Crippen LogP contribution in [0.4, 0.5) is 5.95 Å². The molecule has 3 rings (SSSR count). The summed E-state index contributed by atoms with van der Waals surface area (Å²) in [4.78, 5) is 26.3. The molecular formula is C22H31N5O2. The molecule has 29 heavy (non-hydrogen) atoms. The fourth-order valence-corrected chi connectivity index (χ4v) is 3.32. The minimum Gasteiger partial charge on any atom is -0.379 e. The Bertz CT molecular complexity index is 791. The highest BCUT2D eigenvalue weighted by atomic mass is 16.5. The lowest BCUT2D eigenvalue weighted by molar-refractivity contribution is 0.0398. The summed E-state index contributed by atoms with van der Waals surface area (Å²) in [7, 11) is 0. The Morgan fingerprint density at radius 2 is 1.93 bits per heavy atom. The van der Waals surface area contributed by atoms with E-state index < -0.39 is 0 Å². The lowest BCUT2D eigenvalue weighted by Crippen LogP contribution is -2.39. The highest BCUT2D eigenvalue weighted by Crippen LogP contribution is 2.14. The molecule has 2 heterocycles. The van der Waals surface area contributed by atoms with Crippen LogP contribution in [-0.2, 0) is 11.3 Å². The van der Waals surface area contributed by atoms with E-state index in [4.69, 9.17) is 4.74 Å². The number of carbonyl (C=O) groups is 1. The number of hydrogen-bond acceptors (Lipinski definition) is 6. The van der Waals surface area contributed by atoms with Gasteiger partial charge in [0.05, 0.1) is 13.2 Å². The SMILES string of the molecule is Cc1cc(C(=O)N(Cc2ccccc2)C(C)C)nc(NCCN2CCOCC2)n1. The van der Waals surface area contributed by atoms with Gasteiger partial charge in [0.1, 0.15) is 5.69 Å². The van der Waals surface area contributed by atoms with Crippen LogP contribution >= 0.6 is 0 Å². The first kappa shape index (κ1) is 21.2. The third kappa shape index (κ3) is 6.24. The number of carbonyl (C=O) groups excluding carboxylic acids is 1. The van der Waals surface area contributed by atoms with Gasteiger partial charge in [-0.15, -0.1) is 0 Å². The number of aryl methyl sites for hydroxylation is 1. The number of rotatable bonds is 8. The molecule has 0 spiro atoms. The molecule has 0 unspecified atom stereocenters. The molecule has 1 aliphatic heterocycles. The zero-order valence-electron chi connectivity index (χ0n) is 17.6. The van der Waals surface area contributed by atoms with Crippen LogP contribution < -0.4 is 5.32 Å². The van der Waals surface area contributed by atoms with Crippen molar-refractivity contribution in [3.63, 3.8) is 0 Å². The third-order valence-corrected chi connectivity index (χ3v) is 4.97.